The van der Waals surface area contributed by atoms with Crippen LogP contribution in [0.5, 0.6) is 0 Å². The van der Waals surface area contributed by atoms with E-state index < -0.39 is 30.6 Å². The summed E-state index contributed by atoms with van der Waals surface area (Å²) in [6, 6.07) is 0. The van der Waals surface area contributed by atoms with Crippen molar-refractivity contribution in [2.24, 2.45) is 0 Å². The standard InChI is InChI=1S/C10H14F2O4/c1-10(4-2-3-5-10)16-7(13)6-15-9(14)8(11)12/h8H,2-6H2,1H3. The first-order valence-electron chi connectivity index (χ1n) is 5.10. The van der Waals surface area contributed by atoms with Gasteiger partial charge in [0.1, 0.15) is 5.60 Å². The molecule has 0 N–H and O–H groups in total. The topological polar surface area (TPSA) is 52.6 Å². The van der Waals surface area contributed by atoms with E-state index in [1.165, 1.54) is 0 Å². The van der Waals surface area contributed by atoms with Crippen LogP contribution in [0.3, 0.4) is 0 Å². The number of esters is 2. The first-order chi connectivity index (χ1) is 7.43. The molecule has 0 unspecified atom stereocenters. The first kappa shape index (κ1) is 12.9. The fourth-order valence-corrected chi connectivity index (χ4v) is 1.72. The molecule has 0 radical (unpaired) electrons. The SMILES string of the molecule is CC1(OC(=O)COC(=O)C(F)F)CCCC1. The molecule has 1 fully saturated rings. The van der Waals surface area contributed by atoms with Gasteiger partial charge >= 0.3 is 18.4 Å². The van der Waals surface area contributed by atoms with Gasteiger partial charge in [0.15, 0.2) is 6.61 Å². The number of hydrogen-bond acceptors (Lipinski definition) is 4. The monoisotopic (exact) mass is 236 g/mol. The molecule has 0 aromatic heterocycles. The van der Waals surface area contributed by atoms with Crippen LogP contribution in [0, 0.1) is 0 Å². The zero-order valence-electron chi connectivity index (χ0n) is 9.00. The van der Waals surface area contributed by atoms with Gasteiger partial charge in [-0.15, -0.1) is 0 Å². The molecule has 0 spiro atoms. The summed E-state index contributed by atoms with van der Waals surface area (Å²) in [7, 11) is 0. The summed E-state index contributed by atoms with van der Waals surface area (Å²) in [6.07, 6.45) is 0.236. The second-order valence-electron chi connectivity index (χ2n) is 4.04. The molecule has 0 aromatic rings. The molecule has 0 aliphatic heterocycles. The second-order valence-corrected chi connectivity index (χ2v) is 4.04. The Labute approximate surface area is 91.9 Å². The van der Waals surface area contributed by atoms with Crippen LogP contribution in [0.2, 0.25) is 0 Å². The van der Waals surface area contributed by atoms with Crippen LogP contribution in [-0.2, 0) is 19.1 Å². The summed E-state index contributed by atoms with van der Waals surface area (Å²) < 4.78 is 32.6. The maximum absolute atomic E-state index is 11.7. The van der Waals surface area contributed by atoms with Gasteiger partial charge in [-0.3, -0.25) is 0 Å². The average molecular weight is 236 g/mol. The molecule has 1 rings (SSSR count). The quantitative estimate of drug-likeness (QED) is 0.697. The number of carbonyl (C=O) groups is 2. The lowest BCUT2D eigenvalue weighted by atomic mass is 10.1. The predicted molar refractivity (Wildman–Crippen MR) is 49.9 cm³/mol. The van der Waals surface area contributed by atoms with E-state index in [0.29, 0.717) is 0 Å². The van der Waals surface area contributed by atoms with Gasteiger partial charge in [-0.1, -0.05) is 0 Å². The summed E-state index contributed by atoms with van der Waals surface area (Å²) in [4.78, 5) is 21.6. The van der Waals surface area contributed by atoms with Crippen LogP contribution in [0.25, 0.3) is 0 Å². The highest BCUT2D eigenvalue weighted by molar-refractivity contribution is 5.78. The third-order valence-corrected chi connectivity index (χ3v) is 2.53. The van der Waals surface area contributed by atoms with Gasteiger partial charge in [0.25, 0.3) is 0 Å². The van der Waals surface area contributed by atoms with Crippen molar-refractivity contribution < 1.29 is 27.8 Å². The Hall–Kier alpha value is -1.20. The third kappa shape index (κ3) is 3.75. The average Bonchev–Trinajstić information content (AvgIpc) is 2.60. The maximum Gasteiger partial charge on any atom is 0.374 e. The van der Waals surface area contributed by atoms with E-state index in [-0.39, 0.29) is 0 Å². The Kier molecular flexibility index (Phi) is 4.20. The molecule has 0 heterocycles. The molecule has 1 aliphatic rings. The van der Waals surface area contributed by atoms with Crippen LogP contribution in [0.1, 0.15) is 32.6 Å². The van der Waals surface area contributed by atoms with Crippen LogP contribution in [-0.4, -0.2) is 30.6 Å². The molecule has 1 saturated carbocycles. The summed E-state index contributed by atoms with van der Waals surface area (Å²) >= 11 is 0. The number of halogens is 2. The normalized spacial score (nSPS) is 18.5. The molecule has 0 atom stereocenters. The van der Waals surface area contributed by atoms with Gasteiger partial charge in [-0.05, 0) is 32.6 Å². The molecule has 1 aliphatic carbocycles. The minimum atomic E-state index is -3.21. The lowest BCUT2D eigenvalue weighted by molar-refractivity contribution is -0.173. The Morgan fingerprint density at radius 1 is 1.31 bits per heavy atom. The summed E-state index contributed by atoms with van der Waals surface area (Å²) in [6.45, 7) is 1.03. The highest BCUT2D eigenvalue weighted by Gasteiger charge is 2.33. The van der Waals surface area contributed by atoms with E-state index in [1.54, 1.807) is 6.92 Å². The largest absolute Gasteiger partial charge is 0.457 e. The fraction of sp³-hybridized carbons (Fsp3) is 0.800. The van der Waals surface area contributed by atoms with Crippen LogP contribution < -0.4 is 0 Å². The molecule has 0 amide bonds. The minimum Gasteiger partial charge on any atom is -0.457 e. The van der Waals surface area contributed by atoms with Crippen molar-refractivity contribution in [3.05, 3.63) is 0 Å². The van der Waals surface area contributed by atoms with Crippen LogP contribution in [0.4, 0.5) is 8.78 Å². The Bertz CT molecular complexity index is 272. The van der Waals surface area contributed by atoms with Crippen molar-refractivity contribution in [3.63, 3.8) is 0 Å². The van der Waals surface area contributed by atoms with Gasteiger partial charge in [-0.2, -0.15) is 8.78 Å². The van der Waals surface area contributed by atoms with E-state index in [9.17, 15) is 18.4 Å². The van der Waals surface area contributed by atoms with E-state index in [4.69, 9.17) is 4.74 Å². The first-order valence-corrected chi connectivity index (χ1v) is 5.10. The zero-order chi connectivity index (χ0) is 12.2. The zero-order valence-corrected chi connectivity index (χ0v) is 9.00. The molecule has 4 nitrogen and oxygen atoms in total. The van der Waals surface area contributed by atoms with Gasteiger partial charge in [-0.25, -0.2) is 9.59 Å². The molecule has 0 saturated heterocycles. The summed E-state index contributed by atoms with van der Waals surface area (Å²) in [5.41, 5.74) is -0.533. The number of hydrogen-bond donors (Lipinski definition) is 0. The second kappa shape index (κ2) is 5.23. The van der Waals surface area contributed by atoms with Gasteiger partial charge < -0.3 is 9.47 Å². The molecule has 0 bridgehead atoms. The van der Waals surface area contributed by atoms with Crippen molar-refractivity contribution in [2.75, 3.05) is 6.61 Å². The van der Waals surface area contributed by atoms with E-state index in [2.05, 4.69) is 4.74 Å². The number of rotatable bonds is 4. The highest BCUT2D eigenvalue weighted by atomic mass is 19.3. The fourth-order valence-electron chi connectivity index (χ4n) is 1.72. The minimum absolute atomic E-state index is 0.533. The molecule has 0 aromatic carbocycles. The van der Waals surface area contributed by atoms with Crippen molar-refractivity contribution in [1.29, 1.82) is 0 Å². The molecule has 16 heavy (non-hydrogen) atoms. The Balaban J connectivity index is 2.28. The maximum atomic E-state index is 11.7. The van der Waals surface area contributed by atoms with E-state index >= 15 is 0 Å². The van der Waals surface area contributed by atoms with Crippen LogP contribution >= 0.6 is 0 Å². The van der Waals surface area contributed by atoms with Crippen LogP contribution in [0.15, 0.2) is 0 Å². The summed E-state index contributed by atoms with van der Waals surface area (Å²) in [5, 5.41) is 0. The van der Waals surface area contributed by atoms with Gasteiger partial charge in [0.05, 0.1) is 0 Å². The molecular formula is C10H14F2O4. The summed E-state index contributed by atoms with van der Waals surface area (Å²) in [5.74, 6) is -2.48. The lowest BCUT2D eigenvalue weighted by Crippen LogP contribution is -2.31. The Morgan fingerprint density at radius 2 is 1.88 bits per heavy atom. The molecule has 6 heteroatoms. The van der Waals surface area contributed by atoms with Gasteiger partial charge in [0.2, 0.25) is 0 Å². The van der Waals surface area contributed by atoms with E-state index in [0.717, 1.165) is 25.7 Å². The van der Waals surface area contributed by atoms with Crippen molar-refractivity contribution >= 4 is 11.9 Å². The molecular weight excluding hydrogens is 222 g/mol. The van der Waals surface area contributed by atoms with Crippen molar-refractivity contribution in [3.8, 4) is 0 Å². The van der Waals surface area contributed by atoms with Crippen molar-refractivity contribution in [2.45, 2.75) is 44.6 Å². The smallest absolute Gasteiger partial charge is 0.374 e. The molecule has 92 valence electrons. The van der Waals surface area contributed by atoms with Crippen molar-refractivity contribution in [1.82, 2.24) is 0 Å². The van der Waals surface area contributed by atoms with E-state index in [1.807, 2.05) is 0 Å². The Morgan fingerprint density at radius 3 is 2.38 bits per heavy atom. The predicted octanol–water partition coefficient (Wildman–Crippen LogP) is 1.67. The van der Waals surface area contributed by atoms with Gasteiger partial charge in [0, 0.05) is 0 Å². The number of carbonyl (C=O) groups excluding carboxylic acids is 2. The number of ether oxygens (including phenoxy) is 2. The lowest BCUT2D eigenvalue weighted by Gasteiger charge is -2.23. The highest BCUT2D eigenvalue weighted by Crippen LogP contribution is 2.32. The number of alkyl halides is 2. The third-order valence-electron chi connectivity index (χ3n) is 2.53.